The fraction of sp³-hybridized carbons (Fsp3) is 0.696. The molecule has 2 unspecified atom stereocenters. The minimum atomic E-state index is -0.408. The Morgan fingerprint density at radius 3 is 2.68 bits per heavy atom. The number of nitriles is 1. The molecule has 1 aromatic rings. The molecule has 0 bridgehead atoms. The first-order valence-electron chi connectivity index (χ1n) is 12.3. The maximum absolute atomic E-state index is 13.2. The van der Waals surface area contributed by atoms with Crippen LogP contribution in [0.5, 0.6) is 0 Å². The Labute approximate surface area is 203 Å². The summed E-state index contributed by atoms with van der Waals surface area (Å²) < 4.78 is 5.40. The van der Waals surface area contributed by atoms with Crippen LogP contribution in [0.3, 0.4) is 0 Å². The van der Waals surface area contributed by atoms with E-state index in [2.05, 4.69) is 26.7 Å². The number of hydrazine groups is 1. The minimum Gasteiger partial charge on any atom is -0.379 e. The maximum Gasteiger partial charge on any atom is 0.254 e. The lowest BCUT2D eigenvalue weighted by Gasteiger charge is -2.34. The van der Waals surface area contributed by atoms with Crippen molar-refractivity contribution < 1.29 is 14.3 Å². The summed E-state index contributed by atoms with van der Waals surface area (Å²) in [6.07, 6.45) is 8.20. The summed E-state index contributed by atoms with van der Waals surface area (Å²) in [5.74, 6) is 0.605. The summed E-state index contributed by atoms with van der Waals surface area (Å²) in [6.45, 7) is 3.50. The molecule has 5 N–H and O–H groups in total. The molecular formula is C23H33N7O3S. The monoisotopic (exact) mass is 487 g/mol. The van der Waals surface area contributed by atoms with Crippen molar-refractivity contribution in [2.45, 2.75) is 57.3 Å². The van der Waals surface area contributed by atoms with E-state index in [9.17, 15) is 14.9 Å². The number of carbonyl (C=O) groups is 2. The van der Waals surface area contributed by atoms with Crippen molar-refractivity contribution in [3.63, 3.8) is 0 Å². The zero-order chi connectivity index (χ0) is 23.5. The first kappa shape index (κ1) is 23.5. The van der Waals surface area contributed by atoms with Gasteiger partial charge < -0.3 is 15.4 Å². The Hall–Kier alpha value is -2.23. The number of aryl methyl sites for hydroxylation is 1. The highest BCUT2D eigenvalue weighted by Gasteiger charge is 2.34. The van der Waals surface area contributed by atoms with Gasteiger partial charge in [0.05, 0.1) is 18.8 Å². The molecule has 184 valence electrons. The molecule has 2 saturated carbocycles. The third kappa shape index (κ3) is 5.87. The molecular weight excluding hydrogens is 454 g/mol. The van der Waals surface area contributed by atoms with Gasteiger partial charge in [0.15, 0.2) is 12.5 Å². The van der Waals surface area contributed by atoms with Gasteiger partial charge in [-0.3, -0.25) is 20.2 Å². The summed E-state index contributed by atoms with van der Waals surface area (Å²) in [7, 11) is 0. The Morgan fingerprint density at radius 2 is 1.97 bits per heavy atom. The van der Waals surface area contributed by atoms with E-state index < -0.39 is 6.29 Å². The smallest absolute Gasteiger partial charge is 0.254 e. The highest BCUT2D eigenvalue weighted by Crippen LogP contribution is 2.40. The average molecular weight is 488 g/mol. The van der Waals surface area contributed by atoms with Gasteiger partial charge in [0, 0.05) is 36.5 Å². The SMILES string of the molecule is N#CNC(NC1CCc2sc(NC(=O)C3CC3)c(C(=O)NCC3CC3)c2C1)NN1CCOCC1. The van der Waals surface area contributed by atoms with Crippen LogP contribution in [0, 0.1) is 23.3 Å². The standard InChI is InChI=1S/C23H33N7O3S/c24-13-26-23(29-30-7-9-33-10-8-30)27-16-5-6-18-17(11-16)19(21(32)25-12-14-1-2-14)22(34-18)28-20(31)15-3-4-15/h14-16,23,26-27,29H,1-12H2,(H,25,32)(H,28,31). The molecule has 1 aliphatic heterocycles. The number of nitrogens with zero attached hydrogens (tertiary/aromatic N) is 2. The largest absolute Gasteiger partial charge is 0.379 e. The molecule has 1 saturated heterocycles. The van der Waals surface area contributed by atoms with E-state index in [-0.39, 0.29) is 23.8 Å². The number of thiophene rings is 1. The third-order valence-corrected chi connectivity index (χ3v) is 8.06. The van der Waals surface area contributed by atoms with Crippen molar-refractivity contribution >= 4 is 28.2 Å². The first-order chi connectivity index (χ1) is 16.6. The number of carbonyl (C=O) groups excluding carboxylic acids is 2. The lowest BCUT2D eigenvalue weighted by atomic mass is 9.91. The normalized spacial score (nSPS) is 23.4. The van der Waals surface area contributed by atoms with Crippen LogP contribution in [0.2, 0.25) is 0 Å². The van der Waals surface area contributed by atoms with Crippen LogP contribution in [0.1, 0.15) is 52.9 Å². The van der Waals surface area contributed by atoms with Crippen LogP contribution in [0.4, 0.5) is 5.00 Å². The van der Waals surface area contributed by atoms with Gasteiger partial charge in [0.25, 0.3) is 5.91 Å². The molecule has 2 amide bonds. The van der Waals surface area contributed by atoms with Gasteiger partial charge in [0.2, 0.25) is 5.91 Å². The zero-order valence-electron chi connectivity index (χ0n) is 19.3. The first-order valence-corrected chi connectivity index (χ1v) is 13.2. The molecule has 11 heteroatoms. The number of nitrogens with one attached hydrogen (secondary N) is 5. The van der Waals surface area contributed by atoms with Crippen molar-refractivity contribution in [3.8, 4) is 6.19 Å². The number of fused-ring (bicyclic) bond motifs is 1. The van der Waals surface area contributed by atoms with Gasteiger partial charge >= 0.3 is 0 Å². The van der Waals surface area contributed by atoms with Crippen LogP contribution >= 0.6 is 11.3 Å². The molecule has 0 spiro atoms. The number of anilines is 1. The Bertz CT molecular complexity index is 947. The van der Waals surface area contributed by atoms with Crippen LogP contribution in [0.25, 0.3) is 0 Å². The maximum atomic E-state index is 13.2. The second kappa shape index (κ2) is 10.6. The second-order valence-corrected chi connectivity index (χ2v) is 10.8. The summed E-state index contributed by atoms with van der Waals surface area (Å²) in [5.41, 5.74) is 4.99. The molecule has 2 atom stereocenters. The van der Waals surface area contributed by atoms with Crippen molar-refractivity contribution in [1.29, 1.82) is 5.26 Å². The van der Waals surface area contributed by atoms with Crippen LogP contribution in [-0.2, 0) is 22.4 Å². The van der Waals surface area contributed by atoms with Crippen LogP contribution in [-0.4, -0.2) is 62.0 Å². The molecule has 4 aliphatic rings. The molecule has 1 aromatic heterocycles. The highest BCUT2D eigenvalue weighted by molar-refractivity contribution is 7.17. The van der Waals surface area contributed by atoms with E-state index in [4.69, 9.17) is 4.74 Å². The number of hydrogen-bond donors (Lipinski definition) is 5. The van der Waals surface area contributed by atoms with Gasteiger partial charge in [-0.25, -0.2) is 10.4 Å². The van der Waals surface area contributed by atoms with Gasteiger partial charge in [-0.05, 0) is 56.4 Å². The van der Waals surface area contributed by atoms with Crippen molar-refractivity contribution in [3.05, 3.63) is 16.0 Å². The number of morpholine rings is 1. The molecule has 0 aromatic carbocycles. The summed E-state index contributed by atoms with van der Waals surface area (Å²) in [6, 6.07) is 0.0865. The molecule has 0 radical (unpaired) electrons. The fourth-order valence-electron chi connectivity index (χ4n) is 4.55. The third-order valence-electron chi connectivity index (χ3n) is 6.86. The van der Waals surface area contributed by atoms with Crippen LogP contribution in [0.15, 0.2) is 0 Å². The number of amides is 2. The van der Waals surface area contributed by atoms with Gasteiger partial charge in [-0.15, -0.1) is 11.3 Å². The number of rotatable bonds is 10. The van der Waals surface area contributed by atoms with Crippen LogP contribution < -0.4 is 26.7 Å². The highest BCUT2D eigenvalue weighted by atomic mass is 32.1. The van der Waals surface area contributed by atoms with E-state index in [0.717, 1.165) is 44.3 Å². The minimum absolute atomic E-state index is 0.0255. The predicted octanol–water partition coefficient (Wildman–Crippen LogP) is 0.874. The molecule has 3 fully saturated rings. The Morgan fingerprint density at radius 1 is 1.18 bits per heavy atom. The predicted molar refractivity (Wildman–Crippen MR) is 128 cm³/mol. The van der Waals surface area contributed by atoms with E-state index in [1.54, 1.807) is 11.3 Å². The Balaban J connectivity index is 1.29. The summed E-state index contributed by atoms with van der Waals surface area (Å²) >= 11 is 1.55. The molecule has 3 aliphatic carbocycles. The van der Waals surface area contributed by atoms with E-state index >= 15 is 0 Å². The second-order valence-electron chi connectivity index (χ2n) is 9.65. The van der Waals surface area contributed by atoms with Gasteiger partial charge in [-0.1, -0.05) is 0 Å². The topological polar surface area (TPSA) is 131 Å². The number of ether oxygens (including phenoxy) is 1. The lowest BCUT2D eigenvalue weighted by Crippen LogP contribution is -2.62. The van der Waals surface area contributed by atoms with Crippen molar-refractivity contribution in [1.82, 2.24) is 26.4 Å². The van der Waals surface area contributed by atoms with Crippen molar-refractivity contribution in [2.75, 3.05) is 38.2 Å². The molecule has 34 heavy (non-hydrogen) atoms. The van der Waals surface area contributed by atoms with Crippen molar-refractivity contribution in [2.24, 2.45) is 11.8 Å². The van der Waals surface area contributed by atoms with E-state index in [1.807, 2.05) is 11.2 Å². The summed E-state index contributed by atoms with van der Waals surface area (Å²) in [4.78, 5) is 26.9. The molecule has 5 rings (SSSR count). The van der Waals surface area contributed by atoms with E-state index in [1.165, 1.54) is 17.7 Å². The zero-order valence-corrected chi connectivity index (χ0v) is 20.1. The fourth-order valence-corrected chi connectivity index (χ4v) is 5.79. The average Bonchev–Trinajstić information content (AvgIpc) is 3.75. The van der Waals surface area contributed by atoms with Gasteiger partial charge in [-0.2, -0.15) is 5.26 Å². The molecule has 2 heterocycles. The van der Waals surface area contributed by atoms with Gasteiger partial charge in [0.1, 0.15) is 5.00 Å². The summed E-state index contributed by atoms with van der Waals surface area (Å²) in [5, 5.41) is 24.4. The van der Waals surface area contributed by atoms with E-state index in [0.29, 0.717) is 42.7 Å². The lowest BCUT2D eigenvalue weighted by molar-refractivity contribution is -0.117. The Kier molecular flexibility index (Phi) is 7.32. The quantitative estimate of drug-likeness (QED) is 0.187. The number of hydrogen-bond acceptors (Lipinski definition) is 9. The molecule has 10 nitrogen and oxygen atoms in total.